The Morgan fingerprint density at radius 2 is 1.63 bits per heavy atom. The maximum Gasteiger partial charge on any atom is 0.234 e. The normalized spacial score (nSPS) is 14.1. The maximum absolute atomic E-state index is 12.9. The molecule has 0 spiro atoms. The standard InChI is InChI=1S/C15H21BrFNO/c1-14(2,3)12(16)13(19)18-15(4,5)10-6-8-11(17)9-7-10/h6-9,12H,1-5H3,(H,18,19). The Labute approximate surface area is 122 Å². The first-order chi connectivity index (χ1) is 8.54. The number of hydrogen-bond acceptors (Lipinski definition) is 1. The van der Waals surface area contributed by atoms with Gasteiger partial charge in [0.2, 0.25) is 5.91 Å². The smallest absolute Gasteiger partial charge is 0.234 e. The number of rotatable bonds is 3. The summed E-state index contributed by atoms with van der Waals surface area (Å²) in [4.78, 5) is 11.9. The van der Waals surface area contributed by atoms with E-state index in [-0.39, 0.29) is 22.0 Å². The van der Waals surface area contributed by atoms with Gasteiger partial charge in [-0.05, 0) is 37.0 Å². The first kappa shape index (κ1) is 16.2. The first-order valence-corrected chi connectivity index (χ1v) is 7.18. The van der Waals surface area contributed by atoms with Gasteiger partial charge in [-0.2, -0.15) is 0 Å². The van der Waals surface area contributed by atoms with Crippen molar-refractivity contribution in [2.24, 2.45) is 5.41 Å². The number of hydrogen-bond donors (Lipinski definition) is 1. The summed E-state index contributed by atoms with van der Waals surface area (Å²) in [5.41, 5.74) is 0.168. The number of carbonyl (C=O) groups is 1. The second kappa shape index (κ2) is 5.61. The summed E-state index contributed by atoms with van der Waals surface area (Å²) >= 11 is 3.43. The Morgan fingerprint density at radius 3 is 2.05 bits per heavy atom. The van der Waals surface area contributed by atoms with Gasteiger partial charge in [0.1, 0.15) is 5.82 Å². The number of halogens is 2. The largest absolute Gasteiger partial charge is 0.346 e. The number of alkyl halides is 1. The van der Waals surface area contributed by atoms with Crippen molar-refractivity contribution in [2.45, 2.75) is 45.0 Å². The van der Waals surface area contributed by atoms with Crippen molar-refractivity contribution < 1.29 is 9.18 Å². The topological polar surface area (TPSA) is 29.1 Å². The second-order valence-corrected chi connectivity index (χ2v) is 7.27. The van der Waals surface area contributed by atoms with E-state index in [9.17, 15) is 9.18 Å². The maximum atomic E-state index is 12.9. The van der Waals surface area contributed by atoms with Crippen LogP contribution in [0.2, 0.25) is 0 Å². The SMILES string of the molecule is CC(C)(NC(=O)C(Br)C(C)(C)C)c1ccc(F)cc1. The van der Waals surface area contributed by atoms with Crippen LogP contribution < -0.4 is 5.32 Å². The molecule has 0 aliphatic heterocycles. The third-order valence-corrected chi connectivity index (χ3v) is 4.78. The van der Waals surface area contributed by atoms with Crippen molar-refractivity contribution in [3.63, 3.8) is 0 Å². The fraction of sp³-hybridized carbons (Fsp3) is 0.533. The van der Waals surface area contributed by atoms with Gasteiger partial charge in [-0.1, -0.05) is 48.8 Å². The number of carbonyl (C=O) groups excluding carboxylic acids is 1. The molecule has 1 aromatic carbocycles. The van der Waals surface area contributed by atoms with Gasteiger partial charge in [0.15, 0.2) is 0 Å². The lowest BCUT2D eigenvalue weighted by atomic mass is 9.89. The van der Waals surface area contributed by atoms with Crippen LogP contribution in [-0.2, 0) is 10.3 Å². The molecule has 1 unspecified atom stereocenters. The van der Waals surface area contributed by atoms with Crippen molar-refractivity contribution in [2.75, 3.05) is 0 Å². The highest BCUT2D eigenvalue weighted by Gasteiger charge is 2.32. The Hall–Kier alpha value is -0.900. The monoisotopic (exact) mass is 329 g/mol. The highest BCUT2D eigenvalue weighted by atomic mass is 79.9. The van der Waals surface area contributed by atoms with Gasteiger partial charge in [0.25, 0.3) is 0 Å². The highest BCUT2D eigenvalue weighted by molar-refractivity contribution is 9.10. The molecule has 1 aromatic rings. The van der Waals surface area contributed by atoms with E-state index in [1.165, 1.54) is 12.1 Å². The molecule has 4 heteroatoms. The second-order valence-electron chi connectivity index (χ2n) is 6.35. The summed E-state index contributed by atoms with van der Waals surface area (Å²) in [6.07, 6.45) is 0. The molecule has 0 aliphatic carbocycles. The van der Waals surface area contributed by atoms with Gasteiger partial charge in [0.05, 0.1) is 10.4 Å². The van der Waals surface area contributed by atoms with Crippen LogP contribution in [0.5, 0.6) is 0 Å². The van der Waals surface area contributed by atoms with E-state index < -0.39 is 5.54 Å². The lowest BCUT2D eigenvalue weighted by molar-refractivity contribution is -0.123. The molecule has 1 amide bonds. The molecule has 1 rings (SSSR count). The van der Waals surface area contributed by atoms with Crippen LogP contribution in [0.15, 0.2) is 24.3 Å². The van der Waals surface area contributed by atoms with E-state index in [2.05, 4.69) is 21.2 Å². The molecule has 0 heterocycles. The molecule has 0 saturated heterocycles. The van der Waals surface area contributed by atoms with Crippen LogP contribution in [0.1, 0.15) is 40.2 Å². The minimum Gasteiger partial charge on any atom is -0.346 e. The summed E-state index contributed by atoms with van der Waals surface area (Å²) in [5, 5.41) is 2.99. The summed E-state index contributed by atoms with van der Waals surface area (Å²) in [6, 6.07) is 6.18. The summed E-state index contributed by atoms with van der Waals surface area (Å²) in [6.45, 7) is 9.80. The Bertz CT molecular complexity index is 448. The number of nitrogens with one attached hydrogen (secondary N) is 1. The lowest BCUT2D eigenvalue weighted by Gasteiger charge is -2.31. The van der Waals surface area contributed by atoms with Gasteiger partial charge in [-0.3, -0.25) is 4.79 Å². The molecule has 2 nitrogen and oxygen atoms in total. The van der Waals surface area contributed by atoms with E-state index in [4.69, 9.17) is 0 Å². The minimum atomic E-state index is -0.540. The van der Waals surface area contributed by atoms with Crippen LogP contribution in [0, 0.1) is 11.2 Å². The van der Waals surface area contributed by atoms with Crippen molar-refractivity contribution in [3.8, 4) is 0 Å². The van der Waals surface area contributed by atoms with E-state index >= 15 is 0 Å². The van der Waals surface area contributed by atoms with Gasteiger partial charge >= 0.3 is 0 Å². The molecule has 0 radical (unpaired) electrons. The summed E-state index contributed by atoms with van der Waals surface area (Å²) in [7, 11) is 0. The molecule has 1 N–H and O–H groups in total. The molecular weight excluding hydrogens is 309 g/mol. The Morgan fingerprint density at radius 1 is 1.16 bits per heavy atom. The Kier molecular flexibility index (Phi) is 4.77. The van der Waals surface area contributed by atoms with Crippen molar-refractivity contribution in [1.82, 2.24) is 5.32 Å². The lowest BCUT2D eigenvalue weighted by Crippen LogP contribution is -2.47. The van der Waals surface area contributed by atoms with Gasteiger partial charge in [0, 0.05) is 0 Å². The summed E-state index contributed by atoms with van der Waals surface area (Å²) in [5.74, 6) is -0.347. The predicted octanol–water partition coefficient (Wildman–Crippen LogP) is 3.99. The van der Waals surface area contributed by atoms with Gasteiger partial charge in [-0.15, -0.1) is 0 Å². The number of benzene rings is 1. The van der Waals surface area contributed by atoms with E-state index in [0.717, 1.165) is 5.56 Å². The van der Waals surface area contributed by atoms with E-state index in [0.29, 0.717) is 0 Å². The van der Waals surface area contributed by atoms with Crippen LogP contribution >= 0.6 is 15.9 Å². The zero-order valence-electron chi connectivity index (χ0n) is 12.1. The van der Waals surface area contributed by atoms with Crippen molar-refractivity contribution in [3.05, 3.63) is 35.6 Å². The molecule has 0 fully saturated rings. The zero-order valence-corrected chi connectivity index (χ0v) is 13.6. The third-order valence-electron chi connectivity index (χ3n) is 2.99. The highest BCUT2D eigenvalue weighted by Crippen LogP contribution is 2.28. The van der Waals surface area contributed by atoms with Crippen molar-refractivity contribution >= 4 is 21.8 Å². The molecule has 0 saturated carbocycles. The molecule has 0 bridgehead atoms. The molecule has 1 atom stereocenters. The van der Waals surface area contributed by atoms with E-state index in [1.807, 2.05) is 34.6 Å². The quantitative estimate of drug-likeness (QED) is 0.835. The van der Waals surface area contributed by atoms with Gasteiger partial charge in [-0.25, -0.2) is 4.39 Å². The van der Waals surface area contributed by atoms with E-state index in [1.54, 1.807) is 12.1 Å². The predicted molar refractivity (Wildman–Crippen MR) is 79.7 cm³/mol. The third kappa shape index (κ3) is 4.30. The fourth-order valence-electron chi connectivity index (χ4n) is 1.70. The molecule has 19 heavy (non-hydrogen) atoms. The van der Waals surface area contributed by atoms with Crippen LogP contribution in [-0.4, -0.2) is 10.7 Å². The zero-order chi connectivity index (χ0) is 14.8. The van der Waals surface area contributed by atoms with Crippen LogP contribution in [0.4, 0.5) is 4.39 Å². The summed E-state index contributed by atoms with van der Waals surface area (Å²) < 4.78 is 12.9. The molecule has 106 valence electrons. The minimum absolute atomic E-state index is 0.0678. The van der Waals surface area contributed by atoms with Crippen LogP contribution in [0.3, 0.4) is 0 Å². The number of amides is 1. The van der Waals surface area contributed by atoms with Crippen LogP contribution in [0.25, 0.3) is 0 Å². The molecular formula is C15H21BrFNO. The fourth-order valence-corrected chi connectivity index (χ4v) is 1.82. The van der Waals surface area contributed by atoms with Crippen molar-refractivity contribution in [1.29, 1.82) is 0 Å². The van der Waals surface area contributed by atoms with Gasteiger partial charge < -0.3 is 5.32 Å². The average Bonchev–Trinajstić information content (AvgIpc) is 2.26. The first-order valence-electron chi connectivity index (χ1n) is 6.26. The average molecular weight is 330 g/mol. The molecule has 0 aliphatic rings. The molecule has 0 aromatic heterocycles. The Balaban J connectivity index is 2.85.